The molecule has 0 spiro atoms. The number of nitrogens with zero attached hydrogens (tertiary/aromatic N) is 1. The average molecular weight is 534 g/mol. The van der Waals surface area contributed by atoms with Crippen molar-refractivity contribution in [1.82, 2.24) is 4.98 Å². The van der Waals surface area contributed by atoms with Crippen LogP contribution in [0.3, 0.4) is 0 Å². The summed E-state index contributed by atoms with van der Waals surface area (Å²) in [7, 11) is 1.28. The average Bonchev–Trinajstić information content (AvgIpc) is 3.17. The van der Waals surface area contributed by atoms with Crippen LogP contribution in [-0.2, 0) is 16.0 Å². The van der Waals surface area contributed by atoms with E-state index in [2.05, 4.69) is 9.72 Å². The Labute approximate surface area is 214 Å². The molecule has 11 heteroatoms. The lowest BCUT2D eigenvalue weighted by atomic mass is 10.0. The van der Waals surface area contributed by atoms with E-state index in [1.807, 2.05) is 0 Å². The van der Waals surface area contributed by atoms with Crippen molar-refractivity contribution >= 4 is 40.8 Å². The molecule has 0 saturated carbocycles. The van der Waals surface area contributed by atoms with Gasteiger partial charge in [-0.15, -0.1) is 0 Å². The van der Waals surface area contributed by atoms with Crippen LogP contribution in [0, 0.1) is 5.82 Å². The number of benzene rings is 1. The van der Waals surface area contributed by atoms with E-state index in [0.29, 0.717) is 29.9 Å². The fourth-order valence-corrected chi connectivity index (χ4v) is 4.12. The van der Waals surface area contributed by atoms with Gasteiger partial charge in [0, 0.05) is 18.6 Å². The second-order valence-corrected chi connectivity index (χ2v) is 8.78. The van der Waals surface area contributed by atoms with E-state index >= 15 is 0 Å². The number of Topliss-reactive ketones (excluding diaryl/α,β-unsaturated/α-hetero) is 1. The van der Waals surface area contributed by atoms with Gasteiger partial charge in [0.1, 0.15) is 28.6 Å². The molecule has 1 N–H and O–H groups in total. The molecule has 188 valence electrons. The number of ether oxygens (including phenoxy) is 2. The van der Waals surface area contributed by atoms with Gasteiger partial charge in [-0.3, -0.25) is 4.79 Å². The van der Waals surface area contributed by atoms with Gasteiger partial charge in [0.15, 0.2) is 10.9 Å². The summed E-state index contributed by atoms with van der Waals surface area (Å²) in [6, 6.07) is 6.55. The molecule has 0 aliphatic carbocycles. The Kier molecular flexibility index (Phi) is 9.15. The lowest BCUT2D eigenvalue weighted by molar-refractivity contribution is -0.134. The molecule has 0 radical (unpaired) electrons. The van der Waals surface area contributed by atoms with Gasteiger partial charge in [-0.2, -0.15) is 4.98 Å². The molecule has 0 amide bonds. The van der Waals surface area contributed by atoms with Crippen molar-refractivity contribution in [3.63, 3.8) is 0 Å². The zero-order chi connectivity index (χ0) is 26.2. The molecule has 36 heavy (non-hydrogen) atoms. The summed E-state index contributed by atoms with van der Waals surface area (Å²) in [6.07, 6.45) is 5.69. The number of ketones is 1. The van der Waals surface area contributed by atoms with Crippen molar-refractivity contribution in [2.24, 2.45) is 0 Å². The molecule has 0 unspecified atom stereocenters. The molecule has 0 atom stereocenters. The lowest BCUT2D eigenvalue weighted by Gasteiger charge is -2.05. The second kappa shape index (κ2) is 12.3. The molecular weight excluding hydrogens is 513 g/mol. The van der Waals surface area contributed by atoms with Crippen LogP contribution < -0.4 is 10.4 Å². The van der Waals surface area contributed by atoms with Crippen molar-refractivity contribution in [1.29, 1.82) is 0 Å². The Morgan fingerprint density at radius 1 is 1.28 bits per heavy atom. The Bertz CT molecular complexity index is 1380. The van der Waals surface area contributed by atoms with Crippen molar-refractivity contribution in [3.05, 3.63) is 85.6 Å². The highest BCUT2D eigenvalue weighted by molar-refractivity contribution is 7.14. The van der Waals surface area contributed by atoms with Gasteiger partial charge in [0.25, 0.3) is 5.19 Å². The normalized spacial score (nSPS) is 11.6. The number of methoxy groups -OCH3 is 1. The minimum absolute atomic E-state index is 0.0668. The molecule has 3 rings (SSSR count). The van der Waals surface area contributed by atoms with Crippen molar-refractivity contribution in [3.8, 4) is 16.7 Å². The van der Waals surface area contributed by atoms with Gasteiger partial charge >= 0.3 is 11.6 Å². The number of esters is 1. The third kappa shape index (κ3) is 7.12. The van der Waals surface area contributed by atoms with E-state index in [1.54, 1.807) is 6.08 Å². The molecule has 2 aromatic heterocycles. The minimum atomic E-state index is -0.969. The summed E-state index contributed by atoms with van der Waals surface area (Å²) in [5.74, 6) is -1.56. The van der Waals surface area contributed by atoms with Gasteiger partial charge in [-0.25, -0.2) is 14.0 Å². The number of aryl methyl sites for hydroxylation is 1. The molecule has 0 bridgehead atoms. The fourth-order valence-electron chi connectivity index (χ4n) is 2.99. The number of hydrogen-bond acceptors (Lipinski definition) is 9. The second-order valence-electron chi connectivity index (χ2n) is 7.43. The summed E-state index contributed by atoms with van der Waals surface area (Å²) < 4.78 is 28.3. The number of thiazole rings is 1. The number of aromatic nitrogens is 1. The number of carbonyl (C=O) groups is 2. The number of halogens is 2. The zero-order valence-electron chi connectivity index (χ0n) is 19.2. The number of aromatic hydroxyl groups is 1. The van der Waals surface area contributed by atoms with E-state index in [0.717, 1.165) is 11.3 Å². The highest BCUT2D eigenvalue weighted by Crippen LogP contribution is 2.34. The molecule has 2 heterocycles. The Morgan fingerprint density at radius 3 is 2.67 bits per heavy atom. The summed E-state index contributed by atoms with van der Waals surface area (Å²) in [4.78, 5) is 40.8. The number of rotatable bonds is 10. The maximum atomic E-state index is 13.1. The van der Waals surface area contributed by atoms with E-state index in [-0.39, 0.29) is 21.7 Å². The number of allylic oxidation sites excluding steroid dienone is 2. The van der Waals surface area contributed by atoms with E-state index in [4.69, 9.17) is 20.8 Å². The largest absolute Gasteiger partial charge is 0.507 e. The SMILES string of the molecule is COC(=O)/C=C/CCCc1cc(O)c(C(=O)/C(C)=C/c2sc(Oc3ccc(F)cc3)nc2Cl)c(=O)o1. The minimum Gasteiger partial charge on any atom is -0.507 e. The van der Waals surface area contributed by atoms with Crippen LogP contribution >= 0.6 is 22.9 Å². The number of hydrogen-bond donors (Lipinski definition) is 1. The molecular formula is C25H21ClFNO7S. The third-order valence-electron chi connectivity index (χ3n) is 4.77. The number of unbranched alkanes of at least 4 members (excludes halogenated alkanes) is 1. The van der Waals surface area contributed by atoms with Crippen molar-refractivity contribution < 1.29 is 33.0 Å². The first kappa shape index (κ1) is 26.8. The fraction of sp³-hybridized carbons (Fsp3) is 0.200. The van der Waals surface area contributed by atoms with Gasteiger partial charge in [-0.05, 0) is 55.7 Å². The van der Waals surface area contributed by atoms with Crippen LogP contribution in [0.4, 0.5) is 4.39 Å². The summed E-state index contributed by atoms with van der Waals surface area (Å²) in [5, 5.41) is 10.6. The van der Waals surface area contributed by atoms with E-state index in [1.165, 1.54) is 56.5 Å². The standard InChI is InChI=1S/C25H21ClFNO7S/c1-14(12-19-23(26)28-25(36-19)35-16-10-8-15(27)9-11-16)22(31)21-18(29)13-17(34-24(21)32)6-4-3-5-7-20(30)33-2/h5,7-13,29H,3-4,6H2,1-2H3/b7-5+,14-12+. The Hall–Kier alpha value is -3.76. The predicted octanol–water partition coefficient (Wildman–Crippen LogP) is 5.72. The molecule has 0 saturated heterocycles. The van der Waals surface area contributed by atoms with Crippen LogP contribution in [0.25, 0.3) is 6.08 Å². The van der Waals surface area contributed by atoms with Gasteiger partial charge < -0.3 is 19.0 Å². The lowest BCUT2D eigenvalue weighted by Crippen LogP contribution is -2.16. The molecule has 0 aliphatic rings. The van der Waals surface area contributed by atoms with E-state index in [9.17, 15) is 23.9 Å². The highest BCUT2D eigenvalue weighted by Gasteiger charge is 2.21. The summed E-state index contributed by atoms with van der Waals surface area (Å²) in [6.45, 7) is 1.46. The maximum Gasteiger partial charge on any atom is 0.351 e. The summed E-state index contributed by atoms with van der Waals surface area (Å²) >= 11 is 7.19. The van der Waals surface area contributed by atoms with E-state index < -0.39 is 34.5 Å². The Balaban J connectivity index is 1.71. The molecule has 3 aromatic rings. The quantitative estimate of drug-likeness (QED) is 0.152. The highest BCUT2D eigenvalue weighted by atomic mass is 35.5. The van der Waals surface area contributed by atoms with Crippen LogP contribution in [0.15, 0.2) is 57.3 Å². The zero-order valence-corrected chi connectivity index (χ0v) is 20.8. The predicted molar refractivity (Wildman–Crippen MR) is 132 cm³/mol. The third-order valence-corrected chi connectivity index (χ3v) is 6.05. The maximum absolute atomic E-state index is 13.1. The van der Waals surface area contributed by atoms with Crippen LogP contribution in [0.5, 0.6) is 16.7 Å². The molecule has 0 fully saturated rings. The smallest absolute Gasteiger partial charge is 0.351 e. The van der Waals surface area contributed by atoms with Gasteiger partial charge in [0.05, 0.1) is 12.0 Å². The van der Waals surface area contributed by atoms with Crippen LogP contribution in [0.2, 0.25) is 5.15 Å². The first-order valence-corrected chi connectivity index (χ1v) is 11.8. The van der Waals surface area contributed by atoms with Gasteiger partial charge in [-0.1, -0.05) is 29.0 Å². The number of carbonyl (C=O) groups excluding carboxylic acids is 2. The molecule has 1 aromatic carbocycles. The summed E-state index contributed by atoms with van der Waals surface area (Å²) in [5.41, 5.74) is -1.36. The van der Waals surface area contributed by atoms with Gasteiger partial charge in [0.2, 0.25) is 0 Å². The van der Waals surface area contributed by atoms with Crippen LogP contribution in [-0.4, -0.2) is 29.0 Å². The van der Waals surface area contributed by atoms with Crippen LogP contribution in [0.1, 0.15) is 40.8 Å². The first-order chi connectivity index (χ1) is 17.2. The van der Waals surface area contributed by atoms with Crippen molar-refractivity contribution in [2.75, 3.05) is 7.11 Å². The topological polar surface area (TPSA) is 116 Å². The Morgan fingerprint density at radius 2 is 2.00 bits per heavy atom. The first-order valence-electron chi connectivity index (χ1n) is 10.6. The molecule has 8 nitrogen and oxygen atoms in total. The van der Waals surface area contributed by atoms with Crippen molar-refractivity contribution in [2.45, 2.75) is 26.2 Å². The monoisotopic (exact) mass is 533 g/mol. The molecule has 0 aliphatic heterocycles.